The standard InChI is InChI=1S/C6H12O2S.C6H6O/c1-2-3-4-5(9)6(7)8;7-6-4-2-1-3-5-6/h5,9H,2-4H2,1H3,(H,7,8);1-5,7H. The minimum Gasteiger partial charge on any atom is -0.508 e. The number of aromatic hydroxyl groups is 1. The summed E-state index contributed by atoms with van der Waals surface area (Å²) in [6.07, 6.45) is 2.65. The van der Waals surface area contributed by atoms with Gasteiger partial charge in [0.05, 0.1) is 5.25 Å². The minimum atomic E-state index is -0.813. The third-order valence-corrected chi connectivity index (χ3v) is 2.35. The van der Waals surface area contributed by atoms with E-state index in [1.54, 1.807) is 24.3 Å². The van der Waals surface area contributed by atoms with Crippen LogP contribution in [0, 0.1) is 0 Å². The molecule has 0 saturated carbocycles. The molecule has 0 aliphatic rings. The highest BCUT2D eigenvalue weighted by atomic mass is 32.1. The molecule has 2 N–H and O–H groups in total. The maximum atomic E-state index is 10.1. The maximum Gasteiger partial charge on any atom is 0.316 e. The molecular weight excluding hydrogens is 224 g/mol. The van der Waals surface area contributed by atoms with Gasteiger partial charge >= 0.3 is 5.97 Å². The Morgan fingerprint density at radius 3 is 2.25 bits per heavy atom. The number of thiol groups is 1. The smallest absolute Gasteiger partial charge is 0.316 e. The fourth-order valence-corrected chi connectivity index (χ4v) is 1.13. The molecule has 0 amide bonds. The van der Waals surface area contributed by atoms with Crippen molar-refractivity contribution >= 4 is 18.6 Å². The van der Waals surface area contributed by atoms with E-state index in [-0.39, 0.29) is 0 Å². The fraction of sp³-hybridized carbons (Fsp3) is 0.417. The van der Waals surface area contributed by atoms with Crippen LogP contribution in [-0.2, 0) is 4.79 Å². The Kier molecular flexibility index (Phi) is 8.43. The molecule has 0 spiro atoms. The molecule has 4 heteroatoms. The Morgan fingerprint density at radius 1 is 1.38 bits per heavy atom. The topological polar surface area (TPSA) is 57.5 Å². The first-order chi connectivity index (χ1) is 7.57. The molecule has 0 aromatic heterocycles. The second-order valence-corrected chi connectivity index (χ2v) is 3.96. The van der Waals surface area contributed by atoms with E-state index in [0.29, 0.717) is 12.2 Å². The van der Waals surface area contributed by atoms with Crippen molar-refractivity contribution in [3.05, 3.63) is 30.3 Å². The predicted molar refractivity (Wildman–Crippen MR) is 68.0 cm³/mol. The fourth-order valence-electron chi connectivity index (χ4n) is 0.949. The number of carbonyl (C=O) groups is 1. The van der Waals surface area contributed by atoms with Gasteiger partial charge in [-0.2, -0.15) is 12.6 Å². The van der Waals surface area contributed by atoms with Crippen LogP contribution in [0.4, 0.5) is 0 Å². The zero-order valence-corrected chi connectivity index (χ0v) is 10.2. The molecule has 1 rings (SSSR count). The van der Waals surface area contributed by atoms with Gasteiger partial charge in [0, 0.05) is 0 Å². The van der Waals surface area contributed by atoms with Crippen LogP contribution in [0.3, 0.4) is 0 Å². The molecule has 3 nitrogen and oxygen atoms in total. The Bertz CT molecular complexity index is 288. The number of hydrogen-bond acceptors (Lipinski definition) is 3. The van der Waals surface area contributed by atoms with Gasteiger partial charge < -0.3 is 10.2 Å². The van der Waals surface area contributed by atoms with Gasteiger partial charge in [0.15, 0.2) is 0 Å². The van der Waals surface area contributed by atoms with E-state index in [9.17, 15) is 4.79 Å². The highest BCUT2D eigenvalue weighted by Gasteiger charge is 2.09. The van der Waals surface area contributed by atoms with E-state index in [4.69, 9.17) is 10.2 Å². The van der Waals surface area contributed by atoms with Crippen LogP contribution in [0.25, 0.3) is 0 Å². The molecule has 0 aliphatic heterocycles. The van der Waals surface area contributed by atoms with Crippen molar-refractivity contribution in [1.82, 2.24) is 0 Å². The molecule has 0 bridgehead atoms. The Labute approximate surface area is 102 Å². The molecule has 1 aromatic carbocycles. The summed E-state index contributed by atoms with van der Waals surface area (Å²) < 4.78 is 0. The number of para-hydroxylation sites is 1. The van der Waals surface area contributed by atoms with Crippen LogP contribution in [0.15, 0.2) is 30.3 Å². The van der Waals surface area contributed by atoms with Crippen LogP contribution < -0.4 is 0 Å². The van der Waals surface area contributed by atoms with Crippen molar-refractivity contribution < 1.29 is 15.0 Å². The van der Waals surface area contributed by atoms with E-state index >= 15 is 0 Å². The van der Waals surface area contributed by atoms with Crippen molar-refractivity contribution in [2.45, 2.75) is 31.4 Å². The van der Waals surface area contributed by atoms with Crippen LogP contribution in [0.2, 0.25) is 0 Å². The molecule has 1 unspecified atom stereocenters. The lowest BCUT2D eigenvalue weighted by atomic mass is 10.2. The lowest BCUT2D eigenvalue weighted by Crippen LogP contribution is -2.12. The number of carboxylic acids is 1. The Morgan fingerprint density at radius 2 is 1.94 bits per heavy atom. The lowest BCUT2D eigenvalue weighted by Gasteiger charge is -2.01. The quantitative estimate of drug-likeness (QED) is 0.711. The summed E-state index contributed by atoms with van der Waals surface area (Å²) in [5.41, 5.74) is 0. The number of unbranched alkanes of at least 4 members (excludes halogenated alkanes) is 1. The van der Waals surface area contributed by atoms with Gasteiger partial charge in [-0.3, -0.25) is 4.79 Å². The van der Waals surface area contributed by atoms with Crippen molar-refractivity contribution in [1.29, 1.82) is 0 Å². The zero-order chi connectivity index (χ0) is 12.4. The molecular formula is C12H18O3S. The first-order valence-corrected chi connectivity index (χ1v) is 5.74. The monoisotopic (exact) mass is 242 g/mol. The van der Waals surface area contributed by atoms with Crippen molar-refractivity contribution in [2.75, 3.05) is 0 Å². The summed E-state index contributed by atoms with van der Waals surface area (Å²) in [6, 6.07) is 8.71. The average molecular weight is 242 g/mol. The molecule has 16 heavy (non-hydrogen) atoms. The summed E-state index contributed by atoms with van der Waals surface area (Å²) in [6.45, 7) is 2.03. The molecule has 1 atom stereocenters. The predicted octanol–water partition coefficient (Wildman–Crippen LogP) is 2.95. The first kappa shape index (κ1) is 14.8. The molecule has 0 fully saturated rings. The van der Waals surface area contributed by atoms with E-state index < -0.39 is 11.2 Å². The largest absolute Gasteiger partial charge is 0.508 e. The van der Waals surface area contributed by atoms with E-state index in [0.717, 1.165) is 12.8 Å². The molecule has 0 saturated heterocycles. The number of aliphatic carboxylic acids is 1. The SMILES string of the molecule is CCCCC(S)C(=O)O.Oc1ccccc1. The second kappa shape index (κ2) is 9.09. The zero-order valence-electron chi connectivity index (χ0n) is 9.34. The molecule has 0 radical (unpaired) electrons. The molecule has 0 heterocycles. The highest BCUT2D eigenvalue weighted by molar-refractivity contribution is 7.81. The third kappa shape index (κ3) is 8.17. The van der Waals surface area contributed by atoms with Gasteiger partial charge in [0.25, 0.3) is 0 Å². The number of phenolic OH excluding ortho intramolecular Hbond substituents is 1. The van der Waals surface area contributed by atoms with Crippen molar-refractivity contribution in [3.8, 4) is 5.75 Å². The van der Waals surface area contributed by atoms with Gasteiger partial charge in [0.2, 0.25) is 0 Å². The normalized spacial score (nSPS) is 11.1. The summed E-state index contributed by atoms with van der Waals surface area (Å²) >= 11 is 3.86. The van der Waals surface area contributed by atoms with Gasteiger partial charge in [-0.05, 0) is 18.6 Å². The number of benzene rings is 1. The van der Waals surface area contributed by atoms with E-state index in [1.165, 1.54) is 0 Å². The third-order valence-electron chi connectivity index (χ3n) is 1.87. The highest BCUT2D eigenvalue weighted by Crippen LogP contribution is 2.06. The van der Waals surface area contributed by atoms with Crippen LogP contribution in [0.5, 0.6) is 5.75 Å². The van der Waals surface area contributed by atoms with E-state index in [1.807, 2.05) is 13.0 Å². The molecule has 1 aromatic rings. The van der Waals surface area contributed by atoms with E-state index in [2.05, 4.69) is 12.6 Å². The molecule has 0 aliphatic carbocycles. The number of hydrogen-bond donors (Lipinski definition) is 3. The maximum absolute atomic E-state index is 10.1. The number of rotatable bonds is 4. The minimum absolute atomic E-state index is 0.322. The Balaban J connectivity index is 0.000000288. The van der Waals surface area contributed by atoms with Crippen LogP contribution in [-0.4, -0.2) is 21.4 Å². The van der Waals surface area contributed by atoms with Crippen molar-refractivity contribution in [2.24, 2.45) is 0 Å². The lowest BCUT2D eigenvalue weighted by molar-refractivity contribution is -0.136. The summed E-state index contributed by atoms with van der Waals surface area (Å²) in [5.74, 6) is -0.491. The van der Waals surface area contributed by atoms with Gasteiger partial charge in [-0.1, -0.05) is 38.0 Å². The van der Waals surface area contributed by atoms with Gasteiger partial charge in [-0.15, -0.1) is 0 Å². The van der Waals surface area contributed by atoms with Crippen molar-refractivity contribution in [3.63, 3.8) is 0 Å². The summed E-state index contributed by atoms with van der Waals surface area (Å²) in [5, 5.41) is 16.5. The number of phenols is 1. The summed E-state index contributed by atoms with van der Waals surface area (Å²) in [7, 11) is 0. The second-order valence-electron chi connectivity index (χ2n) is 3.33. The summed E-state index contributed by atoms with van der Waals surface area (Å²) in [4.78, 5) is 10.1. The first-order valence-electron chi connectivity index (χ1n) is 5.22. The number of carboxylic acid groups (broad SMARTS) is 1. The van der Waals surface area contributed by atoms with Gasteiger partial charge in [-0.25, -0.2) is 0 Å². The Hall–Kier alpha value is -1.16. The molecule has 90 valence electrons. The van der Waals surface area contributed by atoms with Gasteiger partial charge in [0.1, 0.15) is 5.75 Å². The van der Waals surface area contributed by atoms with Crippen LogP contribution in [0.1, 0.15) is 26.2 Å². The van der Waals surface area contributed by atoms with Crippen LogP contribution >= 0.6 is 12.6 Å². The average Bonchev–Trinajstić information content (AvgIpc) is 2.27.